The van der Waals surface area contributed by atoms with E-state index < -0.39 is 0 Å². The van der Waals surface area contributed by atoms with E-state index in [-0.39, 0.29) is 23.5 Å². The lowest BCUT2D eigenvalue weighted by Gasteiger charge is -2.37. The first-order valence-corrected chi connectivity index (χ1v) is 13.2. The molecule has 36 heavy (non-hydrogen) atoms. The summed E-state index contributed by atoms with van der Waals surface area (Å²) in [4.78, 5) is 25.2. The minimum atomic E-state index is -0.249. The molecule has 4 aromatic rings. The Hall–Kier alpha value is -3.51. The van der Waals surface area contributed by atoms with E-state index in [2.05, 4.69) is 47.0 Å². The van der Waals surface area contributed by atoms with Gasteiger partial charge in [-0.1, -0.05) is 24.3 Å². The Balaban J connectivity index is 1.28. The Labute approximate surface area is 210 Å². The Morgan fingerprint density at radius 1 is 1.03 bits per heavy atom. The molecule has 2 unspecified atom stereocenters. The van der Waals surface area contributed by atoms with Crippen LogP contribution in [-0.4, -0.2) is 32.4 Å². The van der Waals surface area contributed by atoms with Crippen molar-refractivity contribution in [3.05, 3.63) is 82.9 Å². The molecule has 2 saturated carbocycles. The molecule has 0 saturated heterocycles. The highest BCUT2D eigenvalue weighted by Crippen LogP contribution is 2.52. The van der Waals surface area contributed by atoms with Crippen molar-refractivity contribution >= 4 is 16.9 Å². The normalized spacial score (nSPS) is 23.8. The van der Waals surface area contributed by atoms with Crippen molar-refractivity contribution in [3.63, 3.8) is 0 Å². The van der Waals surface area contributed by atoms with Crippen molar-refractivity contribution in [3.8, 4) is 11.1 Å². The summed E-state index contributed by atoms with van der Waals surface area (Å²) in [6.07, 6.45) is 8.47. The molecule has 2 aliphatic carbocycles. The number of carbonyl (C=O) groups is 1. The summed E-state index contributed by atoms with van der Waals surface area (Å²) in [5, 5.41) is 0. The number of hydrogen-bond donors (Lipinski definition) is 1. The summed E-state index contributed by atoms with van der Waals surface area (Å²) < 4.78 is 2.42. The second-order valence-corrected chi connectivity index (χ2v) is 11.3. The highest BCUT2D eigenvalue weighted by atomic mass is 16.2. The number of benzene rings is 2. The van der Waals surface area contributed by atoms with Crippen LogP contribution in [0, 0.1) is 0 Å². The number of amides is 1. The second kappa shape index (κ2) is 7.04. The highest BCUT2D eigenvalue weighted by Gasteiger charge is 2.45. The maximum absolute atomic E-state index is 13.5. The predicted octanol–water partition coefficient (Wildman–Crippen LogP) is 5.43. The van der Waals surface area contributed by atoms with Gasteiger partial charge in [0.1, 0.15) is 5.82 Å². The van der Waals surface area contributed by atoms with Gasteiger partial charge >= 0.3 is 0 Å². The van der Waals surface area contributed by atoms with Crippen molar-refractivity contribution < 1.29 is 4.79 Å². The summed E-state index contributed by atoms with van der Waals surface area (Å²) >= 11 is 0. The van der Waals surface area contributed by atoms with Crippen molar-refractivity contribution in [2.45, 2.75) is 62.1 Å². The first-order chi connectivity index (χ1) is 17.5. The van der Waals surface area contributed by atoms with E-state index >= 15 is 0 Å². The van der Waals surface area contributed by atoms with Crippen LogP contribution in [0.2, 0.25) is 0 Å². The van der Waals surface area contributed by atoms with Crippen LogP contribution in [0.25, 0.3) is 22.2 Å². The number of rotatable bonds is 3. The Kier molecular flexibility index (Phi) is 4.04. The monoisotopic (exact) mass is 475 g/mol. The van der Waals surface area contributed by atoms with Crippen LogP contribution in [0.5, 0.6) is 0 Å². The molecule has 2 bridgehead atoms. The Morgan fingerprint density at radius 3 is 2.58 bits per heavy atom. The molecule has 2 fully saturated rings. The third-order valence-corrected chi connectivity index (χ3v) is 9.13. The van der Waals surface area contributed by atoms with Gasteiger partial charge in [0.05, 0.1) is 34.3 Å². The SMILES string of the molecule is CN1C(=O)c2cccc(C3CC3)c2C2CC1c1nc3ccc(-c4ccc(C5(N)CCC5)nc4)cc3n12. The molecule has 6 nitrogen and oxygen atoms in total. The van der Waals surface area contributed by atoms with Crippen molar-refractivity contribution in [2.75, 3.05) is 7.05 Å². The molecule has 4 heterocycles. The van der Waals surface area contributed by atoms with Crippen LogP contribution < -0.4 is 5.73 Å². The molecule has 2 N–H and O–H groups in total. The molecule has 0 radical (unpaired) electrons. The molecular weight excluding hydrogens is 446 g/mol. The standard InChI is InChI=1S/C30H29N5O/c1-34-25-15-24(27-20(17-6-7-17)4-2-5-21(27)29(34)36)35-23-14-18(8-10-22(23)33-28(25)35)19-9-11-26(32-16-19)30(31)12-3-13-30/h2,4-5,8-11,14,16-17,24-25H,3,6-7,12-13,15,31H2,1H3. The van der Waals surface area contributed by atoms with E-state index in [4.69, 9.17) is 15.7 Å². The molecule has 1 amide bonds. The number of nitrogens with zero attached hydrogens (tertiary/aromatic N) is 4. The van der Waals surface area contributed by atoms with Gasteiger partial charge in [0, 0.05) is 30.8 Å². The van der Waals surface area contributed by atoms with E-state index in [0.717, 1.165) is 58.5 Å². The van der Waals surface area contributed by atoms with Crippen LogP contribution in [0.15, 0.2) is 54.7 Å². The minimum Gasteiger partial charge on any atom is -0.331 e. The molecule has 2 atom stereocenters. The van der Waals surface area contributed by atoms with Crippen molar-refractivity contribution in [2.24, 2.45) is 5.73 Å². The highest BCUT2D eigenvalue weighted by molar-refractivity contribution is 5.97. The van der Waals surface area contributed by atoms with Gasteiger partial charge < -0.3 is 15.2 Å². The van der Waals surface area contributed by atoms with Crippen LogP contribution in [-0.2, 0) is 5.54 Å². The Morgan fingerprint density at radius 2 is 1.86 bits per heavy atom. The molecule has 4 aliphatic rings. The Bertz CT molecular complexity index is 1560. The lowest BCUT2D eigenvalue weighted by molar-refractivity contribution is 0.0734. The number of imidazole rings is 1. The largest absolute Gasteiger partial charge is 0.331 e. The van der Waals surface area contributed by atoms with Gasteiger partial charge in [0.15, 0.2) is 0 Å². The average Bonchev–Trinajstić information content (AvgIpc) is 3.59. The van der Waals surface area contributed by atoms with Gasteiger partial charge in [0.25, 0.3) is 5.91 Å². The van der Waals surface area contributed by atoms with E-state index in [1.54, 1.807) is 0 Å². The number of fused-ring (bicyclic) bond motifs is 9. The van der Waals surface area contributed by atoms with Gasteiger partial charge in [0.2, 0.25) is 0 Å². The van der Waals surface area contributed by atoms with Crippen LogP contribution in [0.1, 0.15) is 89.5 Å². The molecule has 2 aromatic heterocycles. The quantitative estimate of drug-likeness (QED) is 0.428. The minimum absolute atomic E-state index is 0.0121. The molecule has 0 spiro atoms. The number of aromatic nitrogens is 3. The molecule has 2 aliphatic heterocycles. The van der Waals surface area contributed by atoms with E-state index in [1.807, 2.05) is 24.2 Å². The molecule has 180 valence electrons. The summed E-state index contributed by atoms with van der Waals surface area (Å²) in [7, 11) is 1.93. The molecule has 8 rings (SSSR count). The molecule has 2 aromatic carbocycles. The summed E-state index contributed by atoms with van der Waals surface area (Å²) in [6, 6.07) is 17.2. The van der Waals surface area contributed by atoms with Gasteiger partial charge in [-0.25, -0.2) is 4.98 Å². The zero-order valence-electron chi connectivity index (χ0n) is 20.4. The smallest absolute Gasteiger partial charge is 0.254 e. The van der Waals surface area contributed by atoms with E-state index in [9.17, 15) is 4.79 Å². The predicted molar refractivity (Wildman–Crippen MR) is 139 cm³/mol. The van der Waals surface area contributed by atoms with Gasteiger partial charge in [-0.3, -0.25) is 9.78 Å². The summed E-state index contributed by atoms with van der Waals surface area (Å²) in [5.41, 5.74) is 15.0. The lowest BCUT2D eigenvalue weighted by atomic mass is 9.75. The summed E-state index contributed by atoms with van der Waals surface area (Å²) in [5.74, 6) is 1.70. The van der Waals surface area contributed by atoms with Crippen LogP contribution in [0.4, 0.5) is 0 Å². The molecular formula is C30H29N5O. The van der Waals surface area contributed by atoms with Gasteiger partial charge in [-0.15, -0.1) is 0 Å². The third kappa shape index (κ3) is 2.73. The zero-order chi connectivity index (χ0) is 24.2. The van der Waals surface area contributed by atoms with Crippen LogP contribution >= 0.6 is 0 Å². The maximum atomic E-state index is 13.5. The average molecular weight is 476 g/mol. The number of hydrogen-bond acceptors (Lipinski definition) is 4. The van der Waals surface area contributed by atoms with Gasteiger partial charge in [-0.2, -0.15) is 0 Å². The zero-order valence-corrected chi connectivity index (χ0v) is 20.4. The topological polar surface area (TPSA) is 77.0 Å². The molecule has 6 heteroatoms. The fourth-order valence-electron chi connectivity index (χ4n) is 6.75. The first kappa shape index (κ1) is 20.7. The fourth-order valence-corrected chi connectivity index (χ4v) is 6.75. The summed E-state index contributed by atoms with van der Waals surface area (Å²) in [6.45, 7) is 0. The number of carbonyl (C=O) groups excluding carboxylic acids is 1. The van der Waals surface area contributed by atoms with Crippen LogP contribution in [0.3, 0.4) is 0 Å². The first-order valence-electron chi connectivity index (χ1n) is 13.2. The van der Waals surface area contributed by atoms with E-state index in [0.29, 0.717) is 5.92 Å². The van der Waals surface area contributed by atoms with Crippen molar-refractivity contribution in [1.29, 1.82) is 0 Å². The number of pyridine rings is 1. The lowest BCUT2D eigenvalue weighted by Crippen LogP contribution is -2.43. The van der Waals surface area contributed by atoms with Gasteiger partial charge in [-0.05, 0) is 79.0 Å². The fraction of sp³-hybridized carbons (Fsp3) is 0.367. The third-order valence-electron chi connectivity index (χ3n) is 9.13. The van der Waals surface area contributed by atoms with Crippen molar-refractivity contribution in [1.82, 2.24) is 19.4 Å². The maximum Gasteiger partial charge on any atom is 0.254 e. The number of nitrogens with two attached hydrogens (primary N) is 1. The second-order valence-electron chi connectivity index (χ2n) is 11.3. The van der Waals surface area contributed by atoms with E-state index in [1.165, 1.54) is 30.4 Å².